The third-order valence-corrected chi connectivity index (χ3v) is 4.01. The number of nitrogens with one attached hydrogen (secondary N) is 1. The van der Waals surface area contributed by atoms with Crippen molar-refractivity contribution in [1.82, 2.24) is 0 Å². The quantitative estimate of drug-likeness (QED) is 0.682. The number of ether oxygens (including phenoxy) is 2. The Labute approximate surface area is 152 Å². The monoisotopic (exact) mass is 400 g/mol. The molecular weight excluding hydrogens is 386 g/mol. The van der Waals surface area contributed by atoms with Gasteiger partial charge in [0, 0.05) is 5.69 Å². The standard InChI is InChI=1S/C16H14F2N2O6S/c17-16(18)26-13-7-2-1-6-12(13)15(22)25-9-14(21)20-10-4-3-5-11(8-10)27(19,23)24/h1-8,16H,9H2,(H,20,21)(H2,19,23,24). The number of para-hydroxylation sites is 1. The van der Waals surface area contributed by atoms with E-state index in [9.17, 15) is 26.8 Å². The lowest BCUT2D eigenvalue weighted by Gasteiger charge is -2.10. The number of primary sulfonamides is 1. The zero-order valence-corrected chi connectivity index (χ0v) is 14.4. The van der Waals surface area contributed by atoms with E-state index in [1.165, 1.54) is 36.4 Å². The van der Waals surface area contributed by atoms with E-state index in [0.717, 1.165) is 12.1 Å². The van der Waals surface area contributed by atoms with Crippen LogP contribution in [0.15, 0.2) is 53.4 Å². The molecule has 2 aromatic rings. The summed E-state index contributed by atoms with van der Waals surface area (Å²) in [5.41, 5.74) is -0.161. The lowest BCUT2D eigenvalue weighted by atomic mass is 10.2. The highest BCUT2D eigenvalue weighted by molar-refractivity contribution is 7.89. The number of halogens is 2. The number of nitrogens with two attached hydrogens (primary N) is 1. The third kappa shape index (κ3) is 6.01. The summed E-state index contributed by atoms with van der Waals surface area (Å²) in [4.78, 5) is 23.6. The van der Waals surface area contributed by atoms with Gasteiger partial charge in [0.25, 0.3) is 5.91 Å². The summed E-state index contributed by atoms with van der Waals surface area (Å²) in [5.74, 6) is -2.21. The fourth-order valence-corrected chi connectivity index (χ4v) is 2.55. The Hall–Kier alpha value is -3.05. The van der Waals surface area contributed by atoms with E-state index in [0.29, 0.717) is 0 Å². The molecule has 1 amide bonds. The van der Waals surface area contributed by atoms with Gasteiger partial charge in [-0.15, -0.1) is 0 Å². The second kappa shape index (κ2) is 8.56. The maximum absolute atomic E-state index is 12.3. The summed E-state index contributed by atoms with van der Waals surface area (Å²) in [6, 6.07) is 10.3. The Balaban J connectivity index is 1.99. The fourth-order valence-electron chi connectivity index (χ4n) is 1.99. The van der Waals surface area contributed by atoms with Crippen molar-refractivity contribution in [2.75, 3.05) is 11.9 Å². The third-order valence-electron chi connectivity index (χ3n) is 3.10. The number of anilines is 1. The number of benzene rings is 2. The minimum atomic E-state index is -3.95. The average Bonchev–Trinajstić information content (AvgIpc) is 2.59. The SMILES string of the molecule is NS(=O)(=O)c1cccc(NC(=O)COC(=O)c2ccccc2OC(F)F)c1. The number of esters is 1. The molecule has 0 unspecified atom stereocenters. The van der Waals surface area contributed by atoms with Crippen LogP contribution in [0, 0.1) is 0 Å². The Kier molecular flexibility index (Phi) is 6.42. The minimum Gasteiger partial charge on any atom is -0.452 e. The van der Waals surface area contributed by atoms with Crippen molar-refractivity contribution in [1.29, 1.82) is 0 Å². The average molecular weight is 400 g/mol. The highest BCUT2D eigenvalue weighted by atomic mass is 32.2. The molecule has 0 atom stereocenters. The lowest BCUT2D eigenvalue weighted by molar-refractivity contribution is -0.119. The maximum atomic E-state index is 12.3. The van der Waals surface area contributed by atoms with Crippen LogP contribution < -0.4 is 15.2 Å². The van der Waals surface area contributed by atoms with Gasteiger partial charge >= 0.3 is 12.6 Å². The van der Waals surface area contributed by atoms with E-state index in [1.807, 2.05) is 0 Å². The Morgan fingerprint density at radius 2 is 1.81 bits per heavy atom. The van der Waals surface area contributed by atoms with Crippen molar-refractivity contribution >= 4 is 27.6 Å². The van der Waals surface area contributed by atoms with Gasteiger partial charge in [0.15, 0.2) is 6.61 Å². The first-order valence-electron chi connectivity index (χ1n) is 7.30. The second-order valence-corrected chi connectivity index (χ2v) is 6.63. The van der Waals surface area contributed by atoms with Crippen LogP contribution in [0.4, 0.5) is 14.5 Å². The maximum Gasteiger partial charge on any atom is 0.387 e. The zero-order valence-electron chi connectivity index (χ0n) is 13.6. The van der Waals surface area contributed by atoms with Gasteiger partial charge in [-0.2, -0.15) is 8.78 Å². The molecule has 0 saturated carbocycles. The summed E-state index contributed by atoms with van der Waals surface area (Å²) in [5, 5.41) is 7.31. The molecule has 2 rings (SSSR count). The normalized spacial score (nSPS) is 11.1. The number of hydrogen-bond acceptors (Lipinski definition) is 6. The van der Waals surface area contributed by atoms with Crippen molar-refractivity contribution in [2.24, 2.45) is 5.14 Å². The highest BCUT2D eigenvalue weighted by Gasteiger charge is 2.18. The molecule has 0 bridgehead atoms. The first-order chi connectivity index (χ1) is 12.7. The molecular formula is C16H14F2N2O6S. The number of rotatable bonds is 7. The van der Waals surface area contributed by atoms with Gasteiger partial charge in [0.2, 0.25) is 10.0 Å². The predicted molar refractivity (Wildman–Crippen MR) is 89.8 cm³/mol. The van der Waals surface area contributed by atoms with Crippen LogP contribution in [0.1, 0.15) is 10.4 Å². The zero-order chi connectivity index (χ0) is 20.0. The van der Waals surface area contributed by atoms with Gasteiger partial charge < -0.3 is 14.8 Å². The van der Waals surface area contributed by atoms with Gasteiger partial charge in [-0.3, -0.25) is 4.79 Å². The molecule has 27 heavy (non-hydrogen) atoms. The summed E-state index contributed by atoms with van der Waals surface area (Å²) in [6.07, 6.45) is 0. The van der Waals surface area contributed by atoms with Gasteiger partial charge in [-0.05, 0) is 30.3 Å². The molecule has 0 heterocycles. The largest absolute Gasteiger partial charge is 0.452 e. The Morgan fingerprint density at radius 1 is 1.11 bits per heavy atom. The molecule has 0 aliphatic heterocycles. The summed E-state index contributed by atoms with van der Waals surface area (Å²) in [7, 11) is -3.95. The molecule has 0 fully saturated rings. The van der Waals surface area contributed by atoms with E-state index in [2.05, 4.69) is 10.1 Å². The lowest BCUT2D eigenvalue weighted by Crippen LogP contribution is -2.21. The van der Waals surface area contributed by atoms with Crippen molar-refractivity contribution in [3.63, 3.8) is 0 Å². The number of alkyl halides is 2. The summed E-state index contributed by atoms with van der Waals surface area (Å²) >= 11 is 0. The number of hydrogen-bond donors (Lipinski definition) is 2. The van der Waals surface area contributed by atoms with Gasteiger partial charge in [0.1, 0.15) is 11.3 Å². The van der Waals surface area contributed by atoms with Crippen molar-refractivity contribution in [3.8, 4) is 5.75 Å². The fraction of sp³-hybridized carbons (Fsp3) is 0.125. The second-order valence-electron chi connectivity index (χ2n) is 5.07. The van der Waals surface area contributed by atoms with Crippen molar-refractivity contribution in [3.05, 3.63) is 54.1 Å². The smallest absolute Gasteiger partial charge is 0.387 e. The Bertz CT molecular complexity index is 949. The molecule has 0 aromatic heterocycles. The van der Waals surface area contributed by atoms with Crippen LogP contribution in [0.2, 0.25) is 0 Å². The first-order valence-corrected chi connectivity index (χ1v) is 8.85. The topological polar surface area (TPSA) is 125 Å². The molecule has 2 aromatic carbocycles. The minimum absolute atomic E-state index is 0.115. The molecule has 11 heteroatoms. The van der Waals surface area contributed by atoms with Gasteiger partial charge in [-0.1, -0.05) is 18.2 Å². The van der Waals surface area contributed by atoms with E-state index >= 15 is 0 Å². The molecule has 144 valence electrons. The molecule has 0 aliphatic carbocycles. The van der Waals surface area contributed by atoms with Crippen molar-refractivity contribution in [2.45, 2.75) is 11.5 Å². The van der Waals surface area contributed by atoms with Gasteiger partial charge in [-0.25, -0.2) is 18.4 Å². The van der Waals surface area contributed by atoms with Crippen LogP contribution in [-0.2, 0) is 19.6 Å². The summed E-state index contributed by atoms with van der Waals surface area (Å²) < 4.78 is 56.2. The van der Waals surface area contributed by atoms with E-state index in [4.69, 9.17) is 9.88 Å². The highest BCUT2D eigenvalue weighted by Crippen LogP contribution is 2.21. The van der Waals surface area contributed by atoms with E-state index < -0.39 is 40.9 Å². The van der Waals surface area contributed by atoms with E-state index in [-0.39, 0.29) is 16.1 Å². The molecule has 0 radical (unpaired) electrons. The molecule has 0 spiro atoms. The van der Waals surface area contributed by atoms with E-state index in [1.54, 1.807) is 0 Å². The molecule has 8 nitrogen and oxygen atoms in total. The van der Waals surface area contributed by atoms with Crippen LogP contribution in [0.25, 0.3) is 0 Å². The van der Waals surface area contributed by atoms with Gasteiger partial charge in [0.05, 0.1) is 4.90 Å². The predicted octanol–water partition coefficient (Wildman–Crippen LogP) is 1.73. The van der Waals surface area contributed by atoms with Crippen LogP contribution in [0.3, 0.4) is 0 Å². The number of sulfonamides is 1. The van der Waals surface area contributed by atoms with Crippen molar-refractivity contribution < 1.29 is 36.3 Å². The molecule has 3 N–H and O–H groups in total. The number of carbonyl (C=O) groups is 2. The number of carbonyl (C=O) groups excluding carboxylic acids is 2. The van der Waals surface area contributed by atoms with Crippen LogP contribution >= 0.6 is 0 Å². The van der Waals surface area contributed by atoms with Crippen LogP contribution in [0.5, 0.6) is 5.75 Å². The Morgan fingerprint density at radius 3 is 2.48 bits per heavy atom. The molecule has 0 saturated heterocycles. The molecule has 0 aliphatic rings. The number of amides is 1. The van der Waals surface area contributed by atoms with Crippen LogP contribution in [-0.4, -0.2) is 33.5 Å². The summed E-state index contributed by atoms with van der Waals surface area (Å²) in [6.45, 7) is -3.87. The first kappa shape index (κ1) is 20.3.